The first kappa shape index (κ1) is 22.6. The van der Waals surface area contributed by atoms with Gasteiger partial charge in [-0.3, -0.25) is 9.78 Å². The Labute approximate surface area is 156 Å². The largest absolute Gasteiger partial charge is 0.355 e. The topological polar surface area (TPSA) is 68.0 Å². The molecule has 2 rings (SSSR count). The summed E-state index contributed by atoms with van der Waals surface area (Å²) >= 11 is 0. The summed E-state index contributed by atoms with van der Waals surface area (Å²) in [4.78, 5) is 16.8. The van der Waals surface area contributed by atoms with Crippen molar-refractivity contribution >= 4 is 41.6 Å². The molecule has 1 aromatic carbocycles. The van der Waals surface area contributed by atoms with E-state index in [1.165, 1.54) is 0 Å². The Morgan fingerprint density at radius 1 is 1.17 bits per heavy atom. The first-order valence-corrected chi connectivity index (χ1v) is 7.98. The second-order valence-electron chi connectivity index (χ2n) is 5.69. The van der Waals surface area contributed by atoms with Crippen LogP contribution in [0.1, 0.15) is 32.3 Å². The molecule has 0 radical (unpaired) electrons. The van der Waals surface area contributed by atoms with Gasteiger partial charge in [0.1, 0.15) is 0 Å². The average molecular weight is 372 g/mol. The van der Waals surface area contributed by atoms with Crippen molar-refractivity contribution in [3.8, 4) is 0 Å². The Bertz CT molecular complexity index is 631. The van der Waals surface area contributed by atoms with E-state index >= 15 is 0 Å². The van der Waals surface area contributed by atoms with Gasteiger partial charge in [-0.15, -0.1) is 24.8 Å². The lowest BCUT2D eigenvalue weighted by Gasteiger charge is -2.28. The van der Waals surface area contributed by atoms with Crippen molar-refractivity contribution in [1.29, 1.82) is 0 Å². The molecule has 1 amide bonds. The van der Waals surface area contributed by atoms with Crippen molar-refractivity contribution in [2.75, 3.05) is 13.1 Å². The third-order valence-electron chi connectivity index (χ3n) is 4.62. The van der Waals surface area contributed by atoms with Crippen LogP contribution in [0, 0.1) is 5.41 Å². The molecule has 0 aliphatic heterocycles. The predicted molar refractivity (Wildman–Crippen MR) is 105 cm³/mol. The number of halogens is 2. The van der Waals surface area contributed by atoms with Crippen molar-refractivity contribution in [2.45, 2.75) is 33.1 Å². The number of nitrogens with one attached hydrogen (secondary N) is 1. The average Bonchev–Trinajstić information content (AvgIpc) is 2.57. The summed E-state index contributed by atoms with van der Waals surface area (Å²) in [7, 11) is 0. The number of carbonyl (C=O) groups excluding carboxylic acids is 1. The van der Waals surface area contributed by atoms with Crippen LogP contribution in [-0.2, 0) is 11.2 Å². The molecule has 0 atom stereocenters. The van der Waals surface area contributed by atoms with Crippen LogP contribution in [0.2, 0.25) is 0 Å². The standard InChI is InChI=1S/C18H25N3O.2ClH/c1-3-18(4-2,13-19)17(22)21-12-10-15-8-5-7-14-9-6-11-20-16(14)15;;/h5-9,11H,3-4,10,12-13,19H2,1-2H3,(H,21,22);2*1H. The van der Waals surface area contributed by atoms with E-state index in [9.17, 15) is 4.79 Å². The highest BCUT2D eigenvalue weighted by atomic mass is 35.5. The number of nitrogens with zero attached hydrogens (tertiary/aromatic N) is 1. The molecule has 0 saturated heterocycles. The van der Waals surface area contributed by atoms with Crippen LogP contribution >= 0.6 is 24.8 Å². The molecule has 2 aromatic rings. The van der Waals surface area contributed by atoms with Gasteiger partial charge in [-0.1, -0.05) is 38.1 Å². The zero-order valence-corrected chi connectivity index (χ0v) is 15.9. The van der Waals surface area contributed by atoms with E-state index in [1.807, 2.05) is 26.0 Å². The van der Waals surface area contributed by atoms with Gasteiger partial charge in [-0.25, -0.2) is 0 Å². The van der Waals surface area contributed by atoms with E-state index in [-0.39, 0.29) is 30.7 Å². The lowest BCUT2D eigenvalue weighted by molar-refractivity contribution is -0.131. The van der Waals surface area contributed by atoms with Gasteiger partial charge in [-0.05, 0) is 30.9 Å². The first-order valence-electron chi connectivity index (χ1n) is 7.98. The third-order valence-corrected chi connectivity index (χ3v) is 4.62. The number of nitrogens with two attached hydrogens (primary N) is 1. The summed E-state index contributed by atoms with van der Waals surface area (Å²) in [5, 5.41) is 4.17. The molecule has 1 aromatic heterocycles. The summed E-state index contributed by atoms with van der Waals surface area (Å²) in [5.74, 6) is 0.0631. The van der Waals surface area contributed by atoms with Crippen molar-refractivity contribution in [3.05, 3.63) is 42.1 Å². The molecule has 1 heterocycles. The van der Waals surface area contributed by atoms with Crippen LogP contribution in [0.4, 0.5) is 0 Å². The lowest BCUT2D eigenvalue weighted by Crippen LogP contribution is -2.45. The van der Waals surface area contributed by atoms with Crippen molar-refractivity contribution < 1.29 is 4.79 Å². The Morgan fingerprint density at radius 2 is 1.83 bits per heavy atom. The van der Waals surface area contributed by atoms with Crippen LogP contribution < -0.4 is 11.1 Å². The van der Waals surface area contributed by atoms with E-state index in [1.54, 1.807) is 6.20 Å². The predicted octanol–water partition coefficient (Wildman–Crippen LogP) is 3.50. The minimum atomic E-state index is -0.434. The van der Waals surface area contributed by atoms with Crippen molar-refractivity contribution in [2.24, 2.45) is 11.1 Å². The van der Waals surface area contributed by atoms with Crippen LogP contribution in [0.15, 0.2) is 36.5 Å². The molecular weight excluding hydrogens is 345 g/mol. The zero-order valence-electron chi connectivity index (χ0n) is 14.2. The van der Waals surface area contributed by atoms with Crippen molar-refractivity contribution in [1.82, 2.24) is 10.3 Å². The van der Waals surface area contributed by atoms with Crippen LogP contribution in [-0.4, -0.2) is 24.0 Å². The molecule has 0 saturated carbocycles. The maximum atomic E-state index is 12.4. The second kappa shape index (κ2) is 10.5. The van der Waals surface area contributed by atoms with Gasteiger partial charge >= 0.3 is 0 Å². The number of rotatable bonds is 7. The van der Waals surface area contributed by atoms with Crippen molar-refractivity contribution in [3.63, 3.8) is 0 Å². The number of amides is 1. The van der Waals surface area contributed by atoms with Gasteiger partial charge in [0.15, 0.2) is 0 Å². The molecule has 4 nitrogen and oxygen atoms in total. The number of para-hydroxylation sites is 1. The maximum absolute atomic E-state index is 12.4. The van der Waals surface area contributed by atoms with Gasteiger partial charge in [0.25, 0.3) is 0 Å². The Balaban J connectivity index is 0.00000264. The molecule has 6 heteroatoms. The van der Waals surface area contributed by atoms with Gasteiger partial charge in [-0.2, -0.15) is 0 Å². The number of hydrogen-bond acceptors (Lipinski definition) is 3. The van der Waals surface area contributed by atoms with Gasteiger partial charge < -0.3 is 11.1 Å². The van der Waals surface area contributed by atoms with E-state index in [4.69, 9.17) is 5.73 Å². The summed E-state index contributed by atoms with van der Waals surface area (Å²) in [5.41, 5.74) is 7.55. The van der Waals surface area contributed by atoms with E-state index in [0.717, 1.165) is 35.7 Å². The molecule has 0 aliphatic rings. The highest BCUT2D eigenvalue weighted by molar-refractivity contribution is 5.86. The Morgan fingerprint density at radius 3 is 2.46 bits per heavy atom. The van der Waals surface area contributed by atoms with Gasteiger partial charge in [0.05, 0.1) is 10.9 Å². The highest BCUT2D eigenvalue weighted by Gasteiger charge is 2.32. The number of carbonyl (C=O) groups is 1. The smallest absolute Gasteiger partial charge is 0.227 e. The van der Waals surface area contributed by atoms with Crippen LogP contribution in [0.5, 0.6) is 0 Å². The molecule has 0 fully saturated rings. The molecule has 0 unspecified atom stereocenters. The molecular formula is C18H27Cl2N3O. The summed E-state index contributed by atoms with van der Waals surface area (Å²) in [6.07, 6.45) is 4.11. The number of fused-ring (bicyclic) bond motifs is 1. The Hall–Kier alpha value is -1.36. The Kier molecular flexibility index (Phi) is 9.90. The van der Waals surface area contributed by atoms with Gasteiger partial charge in [0.2, 0.25) is 5.91 Å². The van der Waals surface area contributed by atoms with E-state index < -0.39 is 5.41 Å². The fourth-order valence-corrected chi connectivity index (χ4v) is 2.82. The molecule has 0 spiro atoms. The van der Waals surface area contributed by atoms with Gasteiger partial charge in [0, 0.05) is 24.7 Å². The fraction of sp³-hybridized carbons (Fsp3) is 0.444. The molecule has 0 aliphatic carbocycles. The lowest BCUT2D eigenvalue weighted by atomic mass is 9.81. The van der Waals surface area contributed by atoms with E-state index in [0.29, 0.717) is 13.1 Å². The second-order valence-corrected chi connectivity index (χ2v) is 5.69. The molecule has 0 bridgehead atoms. The number of hydrogen-bond donors (Lipinski definition) is 2. The molecule has 134 valence electrons. The summed E-state index contributed by atoms with van der Waals surface area (Å²) in [6, 6.07) is 10.1. The monoisotopic (exact) mass is 371 g/mol. The number of aromatic nitrogens is 1. The quantitative estimate of drug-likeness (QED) is 0.782. The first-order chi connectivity index (χ1) is 10.7. The third kappa shape index (κ3) is 4.82. The minimum Gasteiger partial charge on any atom is -0.355 e. The SMILES string of the molecule is CCC(CC)(CN)C(=O)NCCc1cccc2cccnc12.Cl.Cl. The minimum absolute atomic E-state index is 0. The summed E-state index contributed by atoms with van der Waals surface area (Å²) < 4.78 is 0. The highest BCUT2D eigenvalue weighted by Crippen LogP contribution is 2.25. The molecule has 24 heavy (non-hydrogen) atoms. The van der Waals surface area contributed by atoms with E-state index in [2.05, 4.69) is 28.5 Å². The fourth-order valence-electron chi connectivity index (χ4n) is 2.82. The van der Waals surface area contributed by atoms with Crippen LogP contribution in [0.25, 0.3) is 10.9 Å². The zero-order chi connectivity index (χ0) is 16.0. The van der Waals surface area contributed by atoms with Crippen LogP contribution in [0.3, 0.4) is 0 Å². The maximum Gasteiger partial charge on any atom is 0.227 e. The normalized spacial score (nSPS) is 10.6. The summed E-state index contributed by atoms with van der Waals surface area (Å²) in [6.45, 7) is 5.03. The number of pyridine rings is 1. The molecule has 3 N–H and O–H groups in total. The number of benzene rings is 1.